The summed E-state index contributed by atoms with van der Waals surface area (Å²) in [5.74, 6) is 0. The van der Waals surface area contributed by atoms with Crippen LogP contribution in [0.2, 0.25) is 0 Å². The average molecular weight is 722 g/mol. The summed E-state index contributed by atoms with van der Waals surface area (Å²) < 4.78 is 2.49. The van der Waals surface area contributed by atoms with Gasteiger partial charge in [-0.3, -0.25) is 5.32 Å². The van der Waals surface area contributed by atoms with Crippen LogP contribution in [0.25, 0.3) is 38.6 Å². The first-order valence-electron chi connectivity index (χ1n) is 19.1. The number of nitrogens with zero attached hydrogens (tertiary/aromatic N) is 1. The van der Waals surface area contributed by atoms with Gasteiger partial charge in [0.05, 0.1) is 22.5 Å². The Kier molecular flexibility index (Phi) is 6.68. The van der Waals surface area contributed by atoms with E-state index in [-0.39, 0.29) is 12.2 Å². The lowest BCUT2D eigenvalue weighted by molar-refractivity contribution is 0.506. The summed E-state index contributed by atoms with van der Waals surface area (Å²) in [4.78, 5) is 2.64. The molecule has 0 amide bonds. The summed E-state index contributed by atoms with van der Waals surface area (Å²) in [7, 11) is 0. The predicted molar refractivity (Wildman–Crippen MR) is 226 cm³/mol. The Labute approximate surface area is 324 Å². The zero-order valence-corrected chi connectivity index (χ0v) is 30.7. The van der Waals surface area contributed by atoms with Crippen molar-refractivity contribution in [2.75, 3.05) is 5.32 Å². The molecule has 1 aromatic heterocycles. The molecule has 1 spiro atoms. The number of hydrogen-bond donors (Lipinski definition) is 2. The number of hydrogen-bond acceptors (Lipinski definition) is 3. The Bertz CT molecular complexity index is 2950. The molecule has 55 heavy (non-hydrogen) atoms. The van der Waals surface area contributed by atoms with Crippen LogP contribution in [0, 0.1) is 0 Å². The molecule has 9 aromatic rings. The van der Waals surface area contributed by atoms with E-state index in [1.165, 1.54) is 81.7 Å². The number of nitrogens with one attached hydrogen (secondary N) is 2. The molecule has 1 aliphatic carbocycles. The van der Waals surface area contributed by atoms with Gasteiger partial charge in [-0.2, -0.15) is 0 Å². The second kappa shape index (κ2) is 11.8. The first-order valence-corrected chi connectivity index (χ1v) is 19.9. The van der Waals surface area contributed by atoms with Crippen LogP contribution >= 0.6 is 11.8 Å². The van der Waals surface area contributed by atoms with Gasteiger partial charge in [-0.1, -0.05) is 151 Å². The van der Waals surface area contributed by atoms with Gasteiger partial charge in [0.1, 0.15) is 6.17 Å². The van der Waals surface area contributed by atoms with Gasteiger partial charge in [-0.25, -0.2) is 0 Å². The molecule has 0 fully saturated rings. The number of rotatable bonds is 3. The summed E-state index contributed by atoms with van der Waals surface area (Å²) in [6.45, 7) is 0. The van der Waals surface area contributed by atoms with Gasteiger partial charge in [-0.05, 0) is 98.6 Å². The molecule has 3 nitrogen and oxygen atoms in total. The van der Waals surface area contributed by atoms with Crippen molar-refractivity contribution in [1.82, 2.24) is 9.88 Å². The molecule has 2 aliphatic heterocycles. The molecule has 3 heterocycles. The van der Waals surface area contributed by atoms with Crippen LogP contribution in [0.1, 0.15) is 51.2 Å². The van der Waals surface area contributed by atoms with Gasteiger partial charge in [0, 0.05) is 31.9 Å². The van der Waals surface area contributed by atoms with E-state index in [0.717, 1.165) is 11.4 Å². The molecule has 2 N–H and O–H groups in total. The molecule has 0 bridgehead atoms. The highest BCUT2D eigenvalue weighted by Crippen LogP contribution is 2.62. The van der Waals surface area contributed by atoms with E-state index >= 15 is 0 Å². The summed E-state index contributed by atoms with van der Waals surface area (Å²) in [6.07, 6.45) is -0.0806. The third-order valence-electron chi connectivity index (χ3n) is 12.1. The third kappa shape index (κ3) is 4.38. The highest BCUT2D eigenvalue weighted by atomic mass is 32.2. The first kappa shape index (κ1) is 31.1. The van der Waals surface area contributed by atoms with Crippen molar-refractivity contribution in [2.45, 2.75) is 27.4 Å². The lowest BCUT2D eigenvalue weighted by atomic mass is 9.67. The maximum Gasteiger partial charge on any atom is 0.104 e. The maximum atomic E-state index is 3.97. The van der Waals surface area contributed by atoms with Gasteiger partial charge in [0.2, 0.25) is 0 Å². The standard InChI is InChI=1S/C51H35N3S/c1-2-15-32(16-3-1)49-37-21-5-10-25-44(37)52-50(53-49)33-17-14-18-34(29-33)54-45-26-11-6-20-36(45)39-30-38-35-19-4-7-22-40(35)51(43(38)31-46(39)54)41-23-8-12-27-47(41)55-48-28-13-9-24-42(48)51/h1-31,49-50,52-53H. The maximum absolute atomic E-state index is 3.97. The van der Waals surface area contributed by atoms with Gasteiger partial charge in [0.25, 0.3) is 0 Å². The minimum atomic E-state index is -0.433. The fourth-order valence-corrected chi connectivity index (χ4v) is 11.1. The molecule has 4 heteroatoms. The van der Waals surface area contributed by atoms with Gasteiger partial charge in [0.15, 0.2) is 0 Å². The Morgan fingerprint density at radius 1 is 0.473 bits per heavy atom. The van der Waals surface area contributed by atoms with E-state index < -0.39 is 5.41 Å². The molecule has 0 saturated carbocycles. The SMILES string of the molecule is c1ccc(C2NC(c3cccc(-n4c5ccccc5c5cc6c(cc54)C4(c5ccccc5Sc5ccccc54)c4ccccc4-6)c3)Nc3ccccc32)cc1. The van der Waals surface area contributed by atoms with Crippen molar-refractivity contribution in [3.8, 4) is 16.8 Å². The number of anilines is 1. The first-order chi connectivity index (χ1) is 27.3. The van der Waals surface area contributed by atoms with Crippen LogP contribution in [0.15, 0.2) is 198 Å². The molecule has 8 aromatic carbocycles. The van der Waals surface area contributed by atoms with Crippen LogP contribution in [0.4, 0.5) is 5.69 Å². The van der Waals surface area contributed by atoms with Crippen molar-refractivity contribution in [1.29, 1.82) is 0 Å². The molecule has 0 saturated heterocycles. The topological polar surface area (TPSA) is 29.0 Å². The van der Waals surface area contributed by atoms with Crippen molar-refractivity contribution < 1.29 is 0 Å². The molecule has 2 atom stereocenters. The predicted octanol–water partition coefficient (Wildman–Crippen LogP) is 12.4. The van der Waals surface area contributed by atoms with Crippen molar-refractivity contribution in [2.24, 2.45) is 0 Å². The Hall–Kier alpha value is -6.33. The zero-order chi connectivity index (χ0) is 36.1. The van der Waals surface area contributed by atoms with E-state index in [4.69, 9.17) is 0 Å². The molecule has 12 rings (SSSR count). The molecule has 0 radical (unpaired) electrons. The van der Waals surface area contributed by atoms with Crippen LogP contribution in [0.5, 0.6) is 0 Å². The van der Waals surface area contributed by atoms with E-state index in [2.05, 4.69) is 203 Å². The Morgan fingerprint density at radius 3 is 1.98 bits per heavy atom. The number of aromatic nitrogens is 1. The van der Waals surface area contributed by atoms with Gasteiger partial charge < -0.3 is 9.88 Å². The number of benzene rings is 8. The monoisotopic (exact) mass is 721 g/mol. The number of fused-ring (bicyclic) bond motifs is 13. The normalized spacial score (nSPS) is 17.2. The van der Waals surface area contributed by atoms with E-state index in [1.54, 1.807) is 0 Å². The minimum Gasteiger partial charge on any atom is -0.366 e. The highest BCUT2D eigenvalue weighted by Gasteiger charge is 2.50. The second-order valence-electron chi connectivity index (χ2n) is 14.9. The summed E-state index contributed by atoms with van der Waals surface area (Å²) in [5, 5.41) is 10.3. The van der Waals surface area contributed by atoms with Gasteiger partial charge in [-0.15, -0.1) is 0 Å². The fourth-order valence-electron chi connectivity index (χ4n) is 9.87. The minimum absolute atomic E-state index is 0.0698. The Balaban J connectivity index is 1.09. The fraction of sp³-hybridized carbons (Fsp3) is 0.0588. The van der Waals surface area contributed by atoms with E-state index in [1.807, 2.05) is 11.8 Å². The van der Waals surface area contributed by atoms with Crippen LogP contribution in [0.3, 0.4) is 0 Å². The van der Waals surface area contributed by atoms with Crippen molar-refractivity contribution >= 4 is 39.3 Å². The molecular weight excluding hydrogens is 687 g/mol. The van der Waals surface area contributed by atoms with E-state index in [0.29, 0.717) is 0 Å². The summed E-state index contributed by atoms with van der Waals surface area (Å²) in [5.41, 5.74) is 16.1. The lowest BCUT2D eigenvalue weighted by Crippen LogP contribution is -2.37. The highest BCUT2D eigenvalue weighted by molar-refractivity contribution is 7.99. The van der Waals surface area contributed by atoms with Crippen LogP contribution in [-0.2, 0) is 5.41 Å². The van der Waals surface area contributed by atoms with Crippen LogP contribution in [-0.4, -0.2) is 4.57 Å². The molecule has 260 valence electrons. The second-order valence-corrected chi connectivity index (χ2v) is 16.0. The zero-order valence-electron chi connectivity index (χ0n) is 29.9. The van der Waals surface area contributed by atoms with Crippen LogP contribution < -0.4 is 10.6 Å². The largest absolute Gasteiger partial charge is 0.366 e. The molecular formula is C51H35N3S. The Morgan fingerprint density at radius 2 is 1.15 bits per heavy atom. The summed E-state index contributed by atoms with van der Waals surface area (Å²) >= 11 is 1.89. The third-order valence-corrected chi connectivity index (χ3v) is 13.3. The molecule has 2 unspecified atom stereocenters. The smallest absolute Gasteiger partial charge is 0.104 e. The van der Waals surface area contributed by atoms with Crippen molar-refractivity contribution in [3.63, 3.8) is 0 Å². The quantitative estimate of drug-likeness (QED) is 0.190. The average Bonchev–Trinajstić information content (AvgIpc) is 3.73. The molecule has 3 aliphatic rings. The lowest BCUT2D eigenvalue weighted by Gasteiger charge is -2.39. The number of para-hydroxylation sites is 2. The summed E-state index contributed by atoms with van der Waals surface area (Å²) in [6, 6.07) is 69.7. The van der Waals surface area contributed by atoms with Crippen molar-refractivity contribution in [3.05, 3.63) is 227 Å². The van der Waals surface area contributed by atoms with E-state index in [9.17, 15) is 0 Å². The van der Waals surface area contributed by atoms with Gasteiger partial charge >= 0.3 is 0 Å².